The number of piperazine rings is 1. The van der Waals surface area contributed by atoms with Gasteiger partial charge in [-0.1, -0.05) is 6.92 Å². The quantitative estimate of drug-likeness (QED) is 0.739. The van der Waals surface area contributed by atoms with Crippen LogP contribution in [0.2, 0.25) is 0 Å². The van der Waals surface area contributed by atoms with Gasteiger partial charge < -0.3 is 5.32 Å². The lowest BCUT2D eigenvalue weighted by molar-refractivity contribution is 0.119. The molecule has 1 rings (SSSR count). The van der Waals surface area contributed by atoms with E-state index in [1.807, 2.05) is 0 Å². The van der Waals surface area contributed by atoms with E-state index < -0.39 is 0 Å². The van der Waals surface area contributed by atoms with E-state index in [1.165, 1.54) is 6.42 Å². The van der Waals surface area contributed by atoms with Gasteiger partial charge in [0.05, 0.1) is 12.5 Å². The van der Waals surface area contributed by atoms with Gasteiger partial charge in [0, 0.05) is 24.7 Å². The number of hydrogen-bond acceptors (Lipinski definition) is 3. The molecule has 0 saturated carbocycles. The van der Waals surface area contributed by atoms with Crippen LogP contribution in [-0.2, 0) is 0 Å². The molecule has 1 aliphatic heterocycles. The van der Waals surface area contributed by atoms with Crippen molar-refractivity contribution in [2.24, 2.45) is 0 Å². The highest BCUT2D eigenvalue weighted by molar-refractivity contribution is 4.95. The first kappa shape index (κ1) is 11.5. The van der Waals surface area contributed by atoms with Crippen LogP contribution in [0, 0.1) is 11.3 Å². The third-order valence-corrected chi connectivity index (χ3v) is 2.57. The van der Waals surface area contributed by atoms with Gasteiger partial charge in [0.1, 0.15) is 0 Å². The molecule has 3 heteroatoms. The van der Waals surface area contributed by atoms with Crippen LogP contribution in [0.25, 0.3) is 0 Å². The van der Waals surface area contributed by atoms with Gasteiger partial charge in [0.25, 0.3) is 0 Å². The molecule has 14 heavy (non-hydrogen) atoms. The number of nitrogens with zero attached hydrogens (tertiary/aromatic N) is 2. The molecule has 1 heterocycles. The Morgan fingerprint density at radius 3 is 2.86 bits per heavy atom. The molecule has 3 nitrogen and oxygen atoms in total. The Balaban J connectivity index is 2.53. The second-order valence-corrected chi connectivity index (χ2v) is 4.82. The summed E-state index contributed by atoms with van der Waals surface area (Å²) in [6.45, 7) is 9.87. The molecule has 1 unspecified atom stereocenters. The molecule has 0 bridgehead atoms. The van der Waals surface area contributed by atoms with E-state index in [1.54, 1.807) is 0 Å². The molecule has 0 aliphatic carbocycles. The summed E-state index contributed by atoms with van der Waals surface area (Å²) in [4.78, 5) is 2.46. The van der Waals surface area contributed by atoms with Crippen LogP contribution in [0.1, 0.15) is 33.6 Å². The highest BCUT2D eigenvalue weighted by Crippen LogP contribution is 2.15. The average Bonchev–Trinajstić information content (AvgIpc) is 2.01. The smallest absolute Gasteiger partial charge is 0.0638 e. The molecule has 0 aromatic carbocycles. The summed E-state index contributed by atoms with van der Waals surface area (Å²) in [6, 6.07) is 2.59. The van der Waals surface area contributed by atoms with Gasteiger partial charge in [0.15, 0.2) is 0 Å². The van der Waals surface area contributed by atoms with Gasteiger partial charge in [0.2, 0.25) is 0 Å². The Kier molecular flexibility index (Phi) is 3.91. The van der Waals surface area contributed by atoms with Crippen LogP contribution in [0.15, 0.2) is 0 Å². The van der Waals surface area contributed by atoms with Gasteiger partial charge in [-0.15, -0.1) is 0 Å². The number of nitriles is 1. The Bertz CT molecular complexity index is 217. The van der Waals surface area contributed by atoms with Crippen molar-refractivity contribution in [2.45, 2.75) is 45.2 Å². The third kappa shape index (κ3) is 3.28. The first-order chi connectivity index (χ1) is 6.57. The van der Waals surface area contributed by atoms with Crippen molar-refractivity contribution in [3.05, 3.63) is 0 Å². The minimum Gasteiger partial charge on any atom is -0.305 e. The number of hydrogen-bond donors (Lipinski definition) is 1. The fourth-order valence-corrected chi connectivity index (χ4v) is 2.29. The summed E-state index contributed by atoms with van der Waals surface area (Å²) in [7, 11) is 0. The van der Waals surface area contributed by atoms with Crippen LogP contribution in [0.4, 0.5) is 0 Å². The van der Waals surface area contributed by atoms with Gasteiger partial charge in [-0.25, -0.2) is 0 Å². The van der Waals surface area contributed by atoms with Crippen molar-refractivity contribution in [3.63, 3.8) is 0 Å². The summed E-state index contributed by atoms with van der Waals surface area (Å²) >= 11 is 0. The van der Waals surface area contributed by atoms with E-state index in [2.05, 4.69) is 37.1 Å². The van der Waals surface area contributed by atoms with Crippen molar-refractivity contribution >= 4 is 0 Å². The third-order valence-electron chi connectivity index (χ3n) is 2.57. The van der Waals surface area contributed by atoms with E-state index in [0.717, 1.165) is 19.6 Å². The normalized spacial score (nSPS) is 27.1. The summed E-state index contributed by atoms with van der Waals surface area (Å²) in [5.74, 6) is 0. The zero-order valence-corrected chi connectivity index (χ0v) is 9.51. The van der Waals surface area contributed by atoms with Crippen LogP contribution >= 0.6 is 0 Å². The molecule has 1 aliphatic rings. The lowest BCUT2D eigenvalue weighted by Crippen LogP contribution is -2.61. The Morgan fingerprint density at radius 1 is 1.57 bits per heavy atom. The molecule has 0 spiro atoms. The maximum atomic E-state index is 8.70. The molecule has 0 aromatic heterocycles. The van der Waals surface area contributed by atoms with Crippen LogP contribution < -0.4 is 5.32 Å². The maximum absolute atomic E-state index is 8.70. The standard InChI is InChI=1S/C11H21N3/c1-4-7-14-8-10(5-6-12)13-11(2,3)9-14/h10,13H,4-5,7-9H2,1-3H3. The predicted octanol–water partition coefficient (Wildman–Crippen LogP) is 1.36. The summed E-state index contributed by atoms with van der Waals surface area (Å²) in [5.41, 5.74) is 0.148. The molecule has 0 amide bonds. The molecule has 0 radical (unpaired) electrons. The van der Waals surface area contributed by atoms with Gasteiger partial charge >= 0.3 is 0 Å². The van der Waals surface area contributed by atoms with E-state index in [-0.39, 0.29) is 5.54 Å². The van der Waals surface area contributed by atoms with E-state index in [0.29, 0.717) is 12.5 Å². The van der Waals surface area contributed by atoms with Crippen molar-refractivity contribution < 1.29 is 0 Å². The maximum Gasteiger partial charge on any atom is 0.0638 e. The Hall–Kier alpha value is -0.590. The largest absolute Gasteiger partial charge is 0.305 e. The minimum atomic E-state index is 0.148. The SMILES string of the molecule is CCCN1CC(CC#N)NC(C)(C)C1. The second-order valence-electron chi connectivity index (χ2n) is 4.82. The second kappa shape index (κ2) is 4.77. The van der Waals surface area contributed by atoms with Crippen LogP contribution in [-0.4, -0.2) is 36.1 Å². The first-order valence-corrected chi connectivity index (χ1v) is 5.44. The highest BCUT2D eigenvalue weighted by Gasteiger charge is 2.30. The van der Waals surface area contributed by atoms with Crippen molar-refractivity contribution in [2.75, 3.05) is 19.6 Å². The molecule has 1 fully saturated rings. The zero-order valence-electron chi connectivity index (χ0n) is 9.51. The summed E-state index contributed by atoms with van der Waals surface area (Å²) in [6.07, 6.45) is 1.80. The molecule has 0 aromatic rings. The monoisotopic (exact) mass is 195 g/mol. The number of rotatable bonds is 3. The van der Waals surface area contributed by atoms with E-state index >= 15 is 0 Å². The van der Waals surface area contributed by atoms with E-state index in [4.69, 9.17) is 5.26 Å². The lowest BCUT2D eigenvalue weighted by atomic mass is 9.97. The van der Waals surface area contributed by atoms with Crippen molar-refractivity contribution in [1.29, 1.82) is 5.26 Å². The van der Waals surface area contributed by atoms with Crippen LogP contribution in [0.5, 0.6) is 0 Å². The first-order valence-electron chi connectivity index (χ1n) is 5.44. The van der Waals surface area contributed by atoms with Crippen LogP contribution in [0.3, 0.4) is 0 Å². The fraction of sp³-hybridized carbons (Fsp3) is 0.909. The Labute approximate surface area is 87.1 Å². The fourth-order valence-electron chi connectivity index (χ4n) is 2.29. The minimum absolute atomic E-state index is 0.148. The van der Waals surface area contributed by atoms with Gasteiger partial charge in [-0.05, 0) is 26.8 Å². The lowest BCUT2D eigenvalue weighted by Gasteiger charge is -2.43. The molecule has 1 saturated heterocycles. The van der Waals surface area contributed by atoms with E-state index in [9.17, 15) is 0 Å². The van der Waals surface area contributed by atoms with Gasteiger partial charge in [-0.2, -0.15) is 5.26 Å². The topological polar surface area (TPSA) is 39.1 Å². The van der Waals surface area contributed by atoms with Gasteiger partial charge in [-0.3, -0.25) is 4.90 Å². The van der Waals surface area contributed by atoms with Crippen molar-refractivity contribution in [1.82, 2.24) is 10.2 Å². The Morgan fingerprint density at radius 2 is 2.29 bits per heavy atom. The molecule has 1 N–H and O–H groups in total. The highest BCUT2D eigenvalue weighted by atomic mass is 15.2. The number of nitrogens with one attached hydrogen (secondary N) is 1. The summed E-state index contributed by atoms with van der Waals surface area (Å²) < 4.78 is 0. The zero-order chi connectivity index (χ0) is 10.6. The molecule has 1 atom stereocenters. The molecular weight excluding hydrogens is 174 g/mol. The molecule has 80 valence electrons. The van der Waals surface area contributed by atoms with Crippen molar-refractivity contribution in [3.8, 4) is 6.07 Å². The summed E-state index contributed by atoms with van der Waals surface area (Å²) in [5, 5.41) is 12.2. The average molecular weight is 195 g/mol. The molecular formula is C11H21N3. The predicted molar refractivity (Wildman–Crippen MR) is 58.0 cm³/mol.